The molecule has 0 aliphatic rings. The molecule has 142 valence electrons. The maximum absolute atomic E-state index is 12.0. The van der Waals surface area contributed by atoms with Crippen LogP contribution in [0.2, 0.25) is 5.02 Å². The lowest BCUT2D eigenvalue weighted by molar-refractivity contribution is -0.111. The molecule has 28 heavy (non-hydrogen) atoms. The van der Waals surface area contributed by atoms with Gasteiger partial charge in [-0.05, 0) is 60.2 Å². The van der Waals surface area contributed by atoms with Crippen molar-refractivity contribution in [3.63, 3.8) is 0 Å². The van der Waals surface area contributed by atoms with Crippen LogP contribution in [0.25, 0.3) is 6.08 Å². The first-order chi connectivity index (χ1) is 13.7. The fourth-order valence-corrected chi connectivity index (χ4v) is 2.53. The fraction of sp³-hybridized carbons (Fsp3) is 0.0870. The van der Waals surface area contributed by atoms with E-state index in [4.69, 9.17) is 21.1 Å². The SMILES string of the molecule is O=C(/C=C/c1ccc(Cl)cc1)Nc1ccc(OCCOc2ccccc2)cc1. The van der Waals surface area contributed by atoms with E-state index >= 15 is 0 Å². The first kappa shape index (κ1) is 19.5. The average Bonchev–Trinajstić information content (AvgIpc) is 2.73. The summed E-state index contributed by atoms with van der Waals surface area (Å²) in [5.74, 6) is 1.32. The minimum atomic E-state index is -0.208. The van der Waals surface area contributed by atoms with Gasteiger partial charge in [-0.1, -0.05) is 41.9 Å². The van der Waals surface area contributed by atoms with E-state index in [1.165, 1.54) is 6.08 Å². The summed E-state index contributed by atoms with van der Waals surface area (Å²) in [4.78, 5) is 12.0. The molecule has 0 aliphatic carbocycles. The van der Waals surface area contributed by atoms with Crippen molar-refractivity contribution in [1.82, 2.24) is 0 Å². The van der Waals surface area contributed by atoms with Gasteiger partial charge in [-0.3, -0.25) is 4.79 Å². The Labute approximate surface area is 169 Å². The molecular formula is C23H20ClNO3. The number of halogens is 1. The highest BCUT2D eigenvalue weighted by Gasteiger charge is 2.00. The molecule has 0 spiro atoms. The Morgan fingerprint density at radius 1 is 0.821 bits per heavy atom. The number of hydrogen-bond donors (Lipinski definition) is 1. The highest BCUT2D eigenvalue weighted by Crippen LogP contribution is 2.16. The zero-order valence-corrected chi connectivity index (χ0v) is 15.9. The second-order valence-electron chi connectivity index (χ2n) is 5.91. The van der Waals surface area contributed by atoms with Crippen LogP contribution in [0, 0.1) is 0 Å². The Morgan fingerprint density at radius 2 is 1.43 bits per heavy atom. The summed E-state index contributed by atoms with van der Waals surface area (Å²) < 4.78 is 11.2. The van der Waals surface area contributed by atoms with Crippen LogP contribution in [0.5, 0.6) is 11.5 Å². The zero-order chi connectivity index (χ0) is 19.6. The smallest absolute Gasteiger partial charge is 0.248 e. The number of carbonyl (C=O) groups is 1. The van der Waals surface area contributed by atoms with Gasteiger partial charge in [0.25, 0.3) is 0 Å². The molecule has 0 unspecified atom stereocenters. The van der Waals surface area contributed by atoms with Crippen LogP contribution >= 0.6 is 11.6 Å². The molecular weight excluding hydrogens is 374 g/mol. The van der Waals surface area contributed by atoms with Gasteiger partial charge in [-0.15, -0.1) is 0 Å². The number of benzene rings is 3. The largest absolute Gasteiger partial charge is 0.490 e. The lowest BCUT2D eigenvalue weighted by Crippen LogP contribution is -2.09. The zero-order valence-electron chi connectivity index (χ0n) is 15.2. The number of carbonyl (C=O) groups excluding carboxylic acids is 1. The van der Waals surface area contributed by atoms with Crippen LogP contribution in [0.15, 0.2) is 84.9 Å². The highest BCUT2D eigenvalue weighted by atomic mass is 35.5. The fourth-order valence-electron chi connectivity index (χ4n) is 2.40. The summed E-state index contributed by atoms with van der Waals surface area (Å²) >= 11 is 5.84. The van der Waals surface area contributed by atoms with E-state index in [1.54, 1.807) is 42.5 Å². The molecule has 4 nitrogen and oxygen atoms in total. The predicted molar refractivity (Wildman–Crippen MR) is 113 cm³/mol. The van der Waals surface area contributed by atoms with E-state index in [-0.39, 0.29) is 5.91 Å². The lowest BCUT2D eigenvalue weighted by atomic mass is 10.2. The lowest BCUT2D eigenvalue weighted by Gasteiger charge is -2.09. The summed E-state index contributed by atoms with van der Waals surface area (Å²) in [6.45, 7) is 0.891. The first-order valence-corrected chi connectivity index (χ1v) is 9.22. The van der Waals surface area contributed by atoms with E-state index in [1.807, 2.05) is 42.5 Å². The summed E-state index contributed by atoms with van der Waals surface area (Å²) in [6, 6.07) is 24.0. The van der Waals surface area contributed by atoms with Gasteiger partial charge in [0.2, 0.25) is 5.91 Å². The Bertz CT molecular complexity index is 907. The van der Waals surface area contributed by atoms with Gasteiger partial charge < -0.3 is 14.8 Å². The van der Waals surface area contributed by atoms with Crippen molar-refractivity contribution in [2.24, 2.45) is 0 Å². The number of ether oxygens (including phenoxy) is 2. The standard InChI is InChI=1S/C23H20ClNO3/c24-19-9-6-18(7-10-19)8-15-23(26)25-20-11-13-22(14-12-20)28-17-16-27-21-4-2-1-3-5-21/h1-15H,16-17H2,(H,25,26)/b15-8+. The molecule has 0 saturated carbocycles. The quantitative estimate of drug-likeness (QED) is 0.409. The molecule has 0 bridgehead atoms. The third kappa shape index (κ3) is 6.49. The topological polar surface area (TPSA) is 47.6 Å². The van der Waals surface area contributed by atoms with Gasteiger partial charge in [-0.2, -0.15) is 0 Å². The normalized spacial score (nSPS) is 10.6. The van der Waals surface area contributed by atoms with Gasteiger partial charge in [0, 0.05) is 16.8 Å². The van der Waals surface area contributed by atoms with Crippen LogP contribution in [-0.2, 0) is 4.79 Å². The molecule has 1 amide bonds. The highest BCUT2D eigenvalue weighted by molar-refractivity contribution is 6.30. The number of anilines is 1. The van der Waals surface area contributed by atoms with Crippen LogP contribution in [-0.4, -0.2) is 19.1 Å². The maximum atomic E-state index is 12.0. The molecule has 3 aromatic carbocycles. The van der Waals surface area contributed by atoms with Gasteiger partial charge in [0.05, 0.1) is 0 Å². The summed E-state index contributed by atoms with van der Waals surface area (Å²) in [6.07, 6.45) is 3.21. The Morgan fingerprint density at radius 3 is 2.07 bits per heavy atom. The van der Waals surface area contributed by atoms with Crippen LogP contribution in [0.4, 0.5) is 5.69 Å². The van der Waals surface area contributed by atoms with Crippen molar-refractivity contribution in [3.05, 3.63) is 95.5 Å². The van der Waals surface area contributed by atoms with Crippen molar-refractivity contribution >= 4 is 29.3 Å². The second kappa shape index (κ2) is 10.2. The Kier molecular flexibility index (Phi) is 7.10. The van der Waals surface area contributed by atoms with Gasteiger partial charge in [0.1, 0.15) is 24.7 Å². The van der Waals surface area contributed by atoms with Crippen LogP contribution < -0.4 is 14.8 Å². The number of amides is 1. The first-order valence-electron chi connectivity index (χ1n) is 8.84. The van der Waals surface area contributed by atoms with Crippen LogP contribution in [0.1, 0.15) is 5.56 Å². The number of para-hydroxylation sites is 1. The molecule has 3 rings (SSSR count). The van der Waals surface area contributed by atoms with Gasteiger partial charge in [-0.25, -0.2) is 0 Å². The van der Waals surface area contributed by atoms with Gasteiger partial charge in [0.15, 0.2) is 0 Å². The van der Waals surface area contributed by atoms with E-state index in [0.717, 1.165) is 11.3 Å². The minimum Gasteiger partial charge on any atom is -0.490 e. The summed E-state index contributed by atoms with van der Waals surface area (Å²) in [5, 5.41) is 3.47. The Balaban J connectivity index is 1.42. The van der Waals surface area contributed by atoms with Crippen LogP contribution in [0.3, 0.4) is 0 Å². The molecule has 0 aromatic heterocycles. The Hall–Kier alpha value is -3.24. The molecule has 0 fully saturated rings. The molecule has 0 atom stereocenters. The predicted octanol–water partition coefficient (Wildman–Crippen LogP) is 5.45. The minimum absolute atomic E-state index is 0.208. The second-order valence-corrected chi connectivity index (χ2v) is 6.34. The maximum Gasteiger partial charge on any atom is 0.248 e. The van der Waals surface area contributed by atoms with E-state index in [0.29, 0.717) is 29.7 Å². The number of rotatable bonds is 8. The third-order valence-electron chi connectivity index (χ3n) is 3.78. The molecule has 5 heteroatoms. The van der Waals surface area contributed by atoms with Crippen molar-refractivity contribution in [2.75, 3.05) is 18.5 Å². The molecule has 1 N–H and O–H groups in total. The van der Waals surface area contributed by atoms with E-state index in [2.05, 4.69) is 5.32 Å². The monoisotopic (exact) mass is 393 g/mol. The molecule has 0 saturated heterocycles. The molecule has 0 aliphatic heterocycles. The number of hydrogen-bond acceptors (Lipinski definition) is 3. The molecule has 3 aromatic rings. The van der Waals surface area contributed by atoms with Crippen molar-refractivity contribution in [3.8, 4) is 11.5 Å². The van der Waals surface area contributed by atoms with E-state index < -0.39 is 0 Å². The van der Waals surface area contributed by atoms with Crippen molar-refractivity contribution in [2.45, 2.75) is 0 Å². The molecule has 0 heterocycles. The van der Waals surface area contributed by atoms with Gasteiger partial charge >= 0.3 is 0 Å². The third-order valence-corrected chi connectivity index (χ3v) is 4.03. The average molecular weight is 394 g/mol. The van der Waals surface area contributed by atoms with E-state index in [9.17, 15) is 4.79 Å². The number of nitrogens with one attached hydrogen (secondary N) is 1. The van der Waals surface area contributed by atoms with Crippen molar-refractivity contribution in [1.29, 1.82) is 0 Å². The molecule has 0 radical (unpaired) electrons. The summed E-state index contributed by atoms with van der Waals surface area (Å²) in [7, 11) is 0. The van der Waals surface area contributed by atoms with Crippen molar-refractivity contribution < 1.29 is 14.3 Å². The summed E-state index contributed by atoms with van der Waals surface area (Å²) in [5.41, 5.74) is 1.60.